The first-order valence-electron chi connectivity index (χ1n) is 11.4. The van der Waals surface area contributed by atoms with E-state index in [4.69, 9.17) is 9.15 Å². The van der Waals surface area contributed by atoms with Crippen molar-refractivity contribution < 1.29 is 27.2 Å². The standard InChI is InChI=1S/C23H30N4O6S/c28-22(17-26-9-1-4-21(26)23(29)25-16-19-3-2-12-33-19)24-15-18-5-7-20(8-6-18)34(30,31)27-10-13-32-14-11-27/h2-3,5-8,12,21H,1,4,9-11,13-17H2,(H,24,28)(H,25,29). The van der Waals surface area contributed by atoms with Crippen LogP contribution in [0.25, 0.3) is 0 Å². The Labute approximate surface area is 199 Å². The molecule has 0 saturated carbocycles. The molecule has 4 rings (SSSR count). The summed E-state index contributed by atoms with van der Waals surface area (Å²) in [5.41, 5.74) is 0.795. The highest BCUT2D eigenvalue weighted by Gasteiger charge is 2.32. The fraction of sp³-hybridized carbons (Fsp3) is 0.478. The largest absolute Gasteiger partial charge is 0.467 e. The Hall–Kier alpha value is -2.73. The Morgan fingerprint density at radius 3 is 2.47 bits per heavy atom. The van der Waals surface area contributed by atoms with Gasteiger partial charge in [-0.25, -0.2) is 8.42 Å². The first-order chi connectivity index (χ1) is 16.4. The van der Waals surface area contributed by atoms with Gasteiger partial charge in [0.15, 0.2) is 0 Å². The molecule has 1 aromatic carbocycles. The highest BCUT2D eigenvalue weighted by molar-refractivity contribution is 7.89. The quantitative estimate of drug-likeness (QED) is 0.531. The predicted molar refractivity (Wildman–Crippen MR) is 123 cm³/mol. The van der Waals surface area contributed by atoms with Gasteiger partial charge in [-0.15, -0.1) is 0 Å². The molecule has 2 amide bonds. The first-order valence-corrected chi connectivity index (χ1v) is 12.9. The van der Waals surface area contributed by atoms with Crippen molar-refractivity contribution in [1.29, 1.82) is 0 Å². The van der Waals surface area contributed by atoms with Gasteiger partial charge in [-0.05, 0) is 49.2 Å². The number of hydrogen-bond acceptors (Lipinski definition) is 7. The lowest BCUT2D eigenvalue weighted by Gasteiger charge is -2.26. The number of nitrogens with zero attached hydrogens (tertiary/aromatic N) is 2. The normalized spacial score (nSPS) is 19.7. The van der Waals surface area contributed by atoms with Gasteiger partial charge in [0.25, 0.3) is 0 Å². The van der Waals surface area contributed by atoms with Crippen molar-refractivity contribution in [3.05, 3.63) is 54.0 Å². The second-order valence-electron chi connectivity index (χ2n) is 8.36. The number of furan rings is 1. The van der Waals surface area contributed by atoms with Crippen LogP contribution >= 0.6 is 0 Å². The van der Waals surface area contributed by atoms with E-state index in [1.54, 1.807) is 42.7 Å². The van der Waals surface area contributed by atoms with Crippen molar-refractivity contribution in [3.63, 3.8) is 0 Å². The topological polar surface area (TPSA) is 121 Å². The van der Waals surface area contributed by atoms with Crippen LogP contribution in [-0.2, 0) is 37.4 Å². The highest BCUT2D eigenvalue weighted by atomic mass is 32.2. The van der Waals surface area contributed by atoms with Gasteiger partial charge in [0.1, 0.15) is 5.76 Å². The molecule has 34 heavy (non-hydrogen) atoms. The number of hydrogen-bond donors (Lipinski definition) is 2. The molecule has 1 unspecified atom stereocenters. The molecular formula is C23H30N4O6S. The van der Waals surface area contributed by atoms with Crippen molar-refractivity contribution in [2.75, 3.05) is 39.4 Å². The third kappa shape index (κ3) is 6.03. The smallest absolute Gasteiger partial charge is 0.243 e. The summed E-state index contributed by atoms with van der Waals surface area (Å²) < 4.78 is 37.3. The molecule has 1 atom stereocenters. The molecule has 2 N–H and O–H groups in total. The maximum atomic E-state index is 12.7. The van der Waals surface area contributed by atoms with Gasteiger partial charge in [-0.2, -0.15) is 4.31 Å². The number of carbonyl (C=O) groups excluding carboxylic acids is 2. The van der Waals surface area contributed by atoms with Gasteiger partial charge in [0.05, 0.1) is 43.5 Å². The van der Waals surface area contributed by atoms with Crippen LogP contribution in [0.4, 0.5) is 0 Å². The number of rotatable bonds is 9. The van der Waals surface area contributed by atoms with Crippen molar-refractivity contribution in [2.45, 2.75) is 36.9 Å². The first kappa shape index (κ1) is 24.4. The molecule has 2 aliphatic heterocycles. The number of sulfonamides is 1. The lowest BCUT2D eigenvalue weighted by atomic mass is 10.2. The zero-order valence-corrected chi connectivity index (χ0v) is 19.8. The van der Waals surface area contributed by atoms with E-state index in [0.29, 0.717) is 51.6 Å². The highest BCUT2D eigenvalue weighted by Crippen LogP contribution is 2.19. The Morgan fingerprint density at radius 1 is 1.00 bits per heavy atom. The maximum Gasteiger partial charge on any atom is 0.243 e. The molecule has 3 heterocycles. The van der Waals surface area contributed by atoms with E-state index < -0.39 is 10.0 Å². The summed E-state index contributed by atoms with van der Waals surface area (Å²) in [6.07, 6.45) is 3.12. The van der Waals surface area contributed by atoms with Gasteiger partial charge in [0.2, 0.25) is 21.8 Å². The Morgan fingerprint density at radius 2 is 1.76 bits per heavy atom. The molecule has 2 fully saturated rings. The zero-order chi connectivity index (χ0) is 24.0. The molecule has 0 radical (unpaired) electrons. The van der Waals surface area contributed by atoms with E-state index in [0.717, 1.165) is 12.0 Å². The Kier molecular flexibility index (Phi) is 7.99. The summed E-state index contributed by atoms with van der Waals surface area (Å²) in [5.74, 6) is 0.383. The zero-order valence-electron chi connectivity index (χ0n) is 18.9. The van der Waals surface area contributed by atoms with Crippen LogP contribution in [-0.4, -0.2) is 74.9 Å². The molecule has 2 aromatic rings. The van der Waals surface area contributed by atoms with Crippen LogP contribution in [0, 0.1) is 0 Å². The summed E-state index contributed by atoms with van der Waals surface area (Å²) in [4.78, 5) is 27.2. The van der Waals surface area contributed by atoms with Gasteiger partial charge in [-0.3, -0.25) is 14.5 Å². The third-order valence-electron chi connectivity index (χ3n) is 6.05. The second kappa shape index (κ2) is 11.1. The van der Waals surface area contributed by atoms with E-state index in [-0.39, 0.29) is 35.8 Å². The fourth-order valence-corrected chi connectivity index (χ4v) is 5.58. The van der Waals surface area contributed by atoms with Gasteiger partial charge in [-0.1, -0.05) is 12.1 Å². The summed E-state index contributed by atoms with van der Waals surface area (Å²) in [6.45, 7) is 2.89. The number of nitrogens with one attached hydrogen (secondary N) is 2. The number of likely N-dealkylation sites (tertiary alicyclic amines) is 1. The van der Waals surface area contributed by atoms with Crippen molar-refractivity contribution in [1.82, 2.24) is 19.8 Å². The van der Waals surface area contributed by atoms with Crippen LogP contribution in [0.2, 0.25) is 0 Å². The number of amides is 2. The van der Waals surface area contributed by atoms with Crippen molar-refractivity contribution in [2.24, 2.45) is 0 Å². The van der Waals surface area contributed by atoms with E-state index >= 15 is 0 Å². The molecule has 2 aliphatic rings. The van der Waals surface area contributed by atoms with Crippen LogP contribution in [0.1, 0.15) is 24.2 Å². The Bertz CT molecular complexity index is 1070. The monoisotopic (exact) mass is 490 g/mol. The van der Waals surface area contributed by atoms with Gasteiger partial charge < -0.3 is 19.8 Å². The number of carbonyl (C=O) groups is 2. The molecule has 11 heteroatoms. The van der Waals surface area contributed by atoms with Gasteiger partial charge in [0, 0.05) is 19.6 Å². The number of morpholine rings is 1. The molecule has 0 aliphatic carbocycles. The van der Waals surface area contributed by atoms with Crippen molar-refractivity contribution >= 4 is 21.8 Å². The summed E-state index contributed by atoms with van der Waals surface area (Å²) in [6, 6.07) is 9.75. The Balaban J connectivity index is 1.25. The average molecular weight is 491 g/mol. The molecule has 184 valence electrons. The minimum absolute atomic E-state index is 0.112. The second-order valence-corrected chi connectivity index (χ2v) is 10.3. The summed E-state index contributed by atoms with van der Waals surface area (Å²) >= 11 is 0. The van der Waals surface area contributed by atoms with Crippen LogP contribution in [0.5, 0.6) is 0 Å². The van der Waals surface area contributed by atoms with Gasteiger partial charge >= 0.3 is 0 Å². The van der Waals surface area contributed by atoms with Crippen LogP contribution in [0.3, 0.4) is 0 Å². The summed E-state index contributed by atoms with van der Waals surface area (Å²) in [5, 5.41) is 5.72. The fourth-order valence-electron chi connectivity index (χ4n) is 4.17. The SMILES string of the molecule is O=C(CN1CCCC1C(=O)NCc1ccco1)NCc1ccc(S(=O)(=O)N2CCOCC2)cc1. The minimum Gasteiger partial charge on any atom is -0.467 e. The van der Waals surface area contributed by atoms with E-state index in [2.05, 4.69) is 10.6 Å². The number of ether oxygens (including phenoxy) is 1. The summed E-state index contributed by atoms with van der Waals surface area (Å²) in [7, 11) is -3.54. The molecule has 0 spiro atoms. The minimum atomic E-state index is -3.54. The molecular weight excluding hydrogens is 460 g/mol. The van der Waals surface area contributed by atoms with Crippen LogP contribution in [0.15, 0.2) is 52.0 Å². The average Bonchev–Trinajstić information content (AvgIpc) is 3.54. The van der Waals surface area contributed by atoms with E-state index in [9.17, 15) is 18.0 Å². The van der Waals surface area contributed by atoms with E-state index in [1.807, 2.05) is 4.90 Å². The molecule has 10 nitrogen and oxygen atoms in total. The predicted octanol–water partition coefficient (Wildman–Crippen LogP) is 0.698. The lowest BCUT2D eigenvalue weighted by molar-refractivity contribution is -0.127. The molecule has 1 aromatic heterocycles. The van der Waals surface area contributed by atoms with E-state index in [1.165, 1.54) is 4.31 Å². The number of benzene rings is 1. The molecule has 0 bridgehead atoms. The van der Waals surface area contributed by atoms with Crippen molar-refractivity contribution in [3.8, 4) is 0 Å². The van der Waals surface area contributed by atoms with Crippen LogP contribution < -0.4 is 10.6 Å². The maximum absolute atomic E-state index is 12.7. The lowest BCUT2D eigenvalue weighted by Crippen LogP contribution is -2.46. The third-order valence-corrected chi connectivity index (χ3v) is 7.96. The molecule has 2 saturated heterocycles.